The molecule has 0 spiro atoms. The van der Waals surface area contributed by atoms with Gasteiger partial charge >= 0.3 is 0 Å². The minimum atomic E-state index is -3.78. The van der Waals surface area contributed by atoms with E-state index in [1.807, 2.05) is 31.2 Å². The molecule has 0 amide bonds. The van der Waals surface area contributed by atoms with E-state index in [1.165, 1.54) is 18.3 Å². The van der Waals surface area contributed by atoms with Gasteiger partial charge in [-0.05, 0) is 55.5 Å². The second kappa shape index (κ2) is 8.57. The van der Waals surface area contributed by atoms with Crippen LogP contribution in [-0.2, 0) is 10.0 Å². The summed E-state index contributed by atoms with van der Waals surface area (Å²) >= 11 is 0. The van der Waals surface area contributed by atoms with Crippen LogP contribution in [0.4, 0.5) is 0 Å². The van der Waals surface area contributed by atoms with Crippen molar-refractivity contribution in [2.24, 2.45) is 5.10 Å². The van der Waals surface area contributed by atoms with E-state index in [4.69, 9.17) is 9.47 Å². The molecule has 0 saturated heterocycles. The van der Waals surface area contributed by atoms with E-state index in [1.54, 1.807) is 25.4 Å². The Labute approximate surface area is 163 Å². The number of nitrogens with one attached hydrogen (secondary N) is 2. The second-order valence-corrected chi connectivity index (χ2v) is 7.35. The van der Waals surface area contributed by atoms with Gasteiger partial charge in [-0.2, -0.15) is 18.6 Å². The Bertz CT molecular complexity index is 1040. The molecule has 0 saturated carbocycles. The summed E-state index contributed by atoms with van der Waals surface area (Å²) in [5.74, 6) is 1.34. The van der Waals surface area contributed by atoms with Gasteiger partial charge in [0, 0.05) is 11.1 Å². The zero-order valence-electron chi connectivity index (χ0n) is 15.4. The largest absolute Gasteiger partial charge is 0.497 e. The Hall–Kier alpha value is -3.33. The van der Waals surface area contributed by atoms with Crippen LogP contribution in [0.2, 0.25) is 0 Å². The van der Waals surface area contributed by atoms with Gasteiger partial charge in [0.15, 0.2) is 0 Å². The average molecular weight is 400 g/mol. The maximum atomic E-state index is 12.4. The highest BCUT2D eigenvalue weighted by Gasteiger charge is 2.13. The quantitative estimate of drug-likeness (QED) is 0.447. The van der Waals surface area contributed by atoms with Gasteiger partial charge < -0.3 is 9.47 Å². The lowest BCUT2D eigenvalue weighted by molar-refractivity contribution is 0.340. The van der Waals surface area contributed by atoms with E-state index in [0.29, 0.717) is 23.6 Å². The van der Waals surface area contributed by atoms with Gasteiger partial charge in [-0.25, -0.2) is 4.83 Å². The van der Waals surface area contributed by atoms with E-state index in [9.17, 15) is 8.42 Å². The Kier molecular flexibility index (Phi) is 5.95. The molecule has 3 rings (SSSR count). The molecule has 3 aromatic rings. The zero-order chi connectivity index (χ0) is 20.0. The summed E-state index contributed by atoms with van der Waals surface area (Å²) in [5.41, 5.74) is 2.22. The molecule has 1 aromatic heterocycles. The monoisotopic (exact) mass is 400 g/mol. The first-order valence-electron chi connectivity index (χ1n) is 8.49. The van der Waals surface area contributed by atoms with Gasteiger partial charge in [-0.3, -0.25) is 5.10 Å². The van der Waals surface area contributed by atoms with Crippen molar-refractivity contribution in [2.45, 2.75) is 11.8 Å². The molecule has 0 unspecified atom stereocenters. The number of hydrogen-bond acceptors (Lipinski definition) is 6. The third-order valence-corrected chi connectivity index (χ3v) is 5.11. The van der Waals surface area contributed by atoms with Crippen LogP contribution in [0.15, 0.2) is 64.7 Å². The lowest BCUT2D eigenvalue weighted by atomic mass is 10.1. The topological polar surface area (TPSA) is 106 Å². The summed E-state index contributed by atoms with van der Waals surface area (Å²) in [6, 6.07) is 13.5. The summed E-state index contributed by atoms with van der Waals surface area (Å²) in [6.07, 6.45) is 2.96. The molecule has 2 N–H and O–H groups in total. The van der Waals surface area contributed by atoms with Gasteiger partial charge in [-0.15, -0.1) is 0 Å². The predicted octanol–water partition coefficient (Wildman–Crippen LogP) is 2.80. The number of aromatic amines is 1. The molecule has 0 fully saturated rings. The van der Waals surface area contributed by atoms with Crippen LogP contribution >= 0.6 is 0 Å². The van der Waals surface area contributed by atoms with Gasteiger partial charge in [0.25, 0.3) is 10.0 Å². The summed E-state index contributed by atoms with van der Waals surface area (Å²) in [5, 5.41) is 10.7. The van der Waals surface area contributed by atoms with Crippen LogP contribution in [-0.4, -0.2) is 38.5 Å². The molecule has 8 nitrogen and oxygen atoms in total. The number of ether oxygens (including phenoxy) is 2. The molecule has 0 radical (unpaired) electrons. The predicted molar refractivity (Wildman–Crippen MR) is 106 cm³/mol. The van der Waals surface area contributed by atoms with Crippen LogP contribution in [0.3, 0.4) is 0 Å². The lowest BCUT2D eigenvalue weighted by Crippen LogP contribution is -2.18. The zero-order valence-corrected chi connectivity index (χ0v) is 16.2. The Morgan fingerprint density at radius 1 is 1.11 bits per heavy atom. The maximum absolute atomic E-state index is 12.4. The number of hydrogen-bond donors (Lipinski definition) is 2. The summed E-state index contributed by atoms with van der Waals surface area (Å²) in [7, 11) is -2.19. The highest BCUT2D eigenvalue weighted by Crippen LogP contribution is 2.22. The van der Waals surface area contributed by atoms with Crippen LogP contribution in [0.25, 0.3) is 11.3 Å². The van der Waals surface area contributed by atoms with Gasteiger partial charge in [0.05, 0.1) is 36.7 Å². The van der Waals surface area contributed by atoms with Crippen LogP contribution in [0, 0.1) is 0 Å². The molecule has 0 atom stereocenters. The lowest BCUT2D eigenvalue weighted by Gasteiger charge is -2.06. The molecule has 28 heavy (non-hydrogen) atoms. The first-order chi connectivity index (χ1) is 13.5. The Balaban J connectivity index is 1.73. The number of nitrogens with zero attached hydrogens (tertiary/aromatic N) is 2. The number of aromatic nitrogens is 2. The van der Waals surface area contributed by atoms with Crippen molar-refractivity contribution in [2.75, 3.05) is 13.7 Å². The van der Waals surface area contributed by atoms with Crippen molar-refractivity contribution in [1.29, 1.82) is 0 Å². The first kappa shape index (κ1) is 19.4. The SMILES string of the molecule is CCOc1ccc(S(=O)(=O)N/N=C/c2cn[nH]c2-c2ccc(OC)cc2)cc1. The molecule has 146 valence electrons. The van der Waals surface area contributed by atoms with E-state index in [-0.39, 0.29) is 4.90 Å². The fourth-order valence-corrected chi connectivity index (χ4v) is 3.27. The van der Waals surface area contributed by atoms with Crippen molar-refractivity contribution in [1.82, 2.24) is 15.0 Å². The van der Waals surface area contributed by atoms with Gasteiger partial charge in [0.2, 0.25) is 0 Å². The molecular formula is C19H20N4O4S. The molecule has 1 heterocycles. The molecule has 0 aliphatic carbocycles. The summed E-state index contributed by atoms with van der Waals surface area (Å²) < 4.78 is 35.2. The van der Waals surface area contributed by atoms with Crippen LogP contribution in [0.1, 0.15) is 12.5 Å². The first-order valence-corrected chi connectivity index (χ1v) is 9.97. The maximum Gasteiger partial charge on any atom is 0.276 e. The molecule has 2 aromatic carbocycles. The van der Waals surface area contributed by atoms with E-state index >= 15 is 0 Å². The molecular weight excluding hydrogens is 380 g/mol. The number of methoxy groups -OCH3 is 1. The molecule has 0 aliphatic rings. The third kappa shape index (κ3) is 4.49. The van der Waals surface area contributed by atoms with Crippen LogP contribution in [0.5, 0.6) is 11.5 Å². The second-order valence-electron chi connectivity index (χ2n) is 5.69. The van der Waals surface area contributed by atoms with Gasteiger partial charge in [-0.1, -0.05) is 0 Å². The highest BCUT2D eigenvalue weighted by atomic mass is 32.2. The Morgan fingerprint density at radius 2 is 1.79 bits per heavy atom. The van der Waals surface area contributed by atoms with E-state index < -0.39 is 10.0 Å². The average Bonchev–Trinajstić information content (AvgIpc) is 3.17. The van der Waals surface area contributed by atoms with Crippen molar-refractivity contribution in [3.63, 3.8) is 0 Å². The fourth-order valence-electron chi connectivity index (χ4n) is 2.48. The normalized spacial score (nSPS) is 11.5. The van der Waals surface area contributed by atoms with Crippen molar-refractivity contribution >= 4 is 16.2 Å². The number of benzene rings is 2. The van der Waals surface area contributed by atoms with Crippen molar-refractivity contribution in [3.05, 3.63) is 60.3 Å². The fraction of sp³-hybridized carbons (Fsp3) is 0.158. The van der Waals surface area contributed by atoms with Crippen molar-refractivity contribution < 1.29 is 17.9 Å². The van der Waals surface area contributed by atoms with E-state index in [2.05, 4.69) is 20.1 Å². The number of H-pyrrole nitrogens is 1. The van der Waals surface area contributed by atoms with Crippen molar-refractivity contribution in [3.8, 4) is 22.8 Å². The minimum absolute atomic E-state index is 0.0932. The Morgan fingerprint density at radius 3 is 2.43 bits per heavy atom. The molecule has 9 heteroatoms. The summed E-state index contributed by atoms with van der Waals surface area (Å²) in [4.78, 5) is 2.29. The summed E-state index contributed by atoms with van der Waals surface area (Å²) in [6.45, 7) is 2.37. The van der Waals surface area contributed by atoms with Crippen LogP contribution < -0.4 is 14.3 Å². The number of rotatable bonds is 8. The van der Waals surface area contributed by atoms with E-state index in [0.717, 1.165) is 11.3 Å². The number of sulfonamides is 1. The molecule has 0 bridgehead atoms. The smallest absolute Gasteiger partial charge is 0.276 e. The minimum Gasteiger partial charge on any atom is -0.497 e. The molecule has 0 aliphatic heterocycles. The third-order valence-electron chi connectivity index (χ3n) is 3.87. The highest BCUT2D eigenvalue weighted by molar-refractivity contribution is 7.89. The number of hydrazone groups is 1. The standard InChI is InChI=1S/C19H20N4O4S/c1-3-27-17-8-10-18(11-9-17)28(24,25)23-21-13-15-12-20-22-19(15)14-4-6-16(26-2)7-5-14/h4-13,23H,3H2,1-2H3,(H,20,22)/b21-13+. The van der Waals surface area contributed by atoms with Gasteiger partial charge in [0.1, 0.15) is 11.5 Å².